The van der Waals surface area contributed by atoms with Crippen LogP contribution in [0.3, 0.4) is 0 Å². The van der Waals surface area contributed by atoms with Crippen molar-refractivity contribution >= 4 is 5.78 Å². The van der Waals surface area contributed by atoms with Crippen LogP contribution >= 0.6 is 0 Å². The highest BCUT2D eigenvalue weighted by Gasteiger charge is 2.43. The summed E-state index contributed by atoms with van der Waals surface area (Å²) < 4.78 is 0. The van der Waals surface area contributed by atoms with Crippen molar-refractivity contribution in [1.29, 1.82) is 0 Å². The van der Waals surface area contributed by atoms with E-state index in [-0.39, 0.29) is 17.8 Å². The predicted octanol–water partition coefficient (Wildman–Crippen LogP) is 1.29. The van der Waals surface area contributed by atoms with Crippen molar-refractivity contribution in [1.82, 2.24) is 0 Å². The molecule has 2 rings (SSSR count). The summed E-state index contributed by atoms with van der Waals surface area (Å²) in [6.45, 7) is 0.174. The summed E-state index contributed by atoms with van der Waals surface area (Å²) in [5, 5.41) is 9.28. The maximum Gasteiger partial charge on any atom is 0.156 e. The number of carbonyl (C=O) groups is 1. The fraction of sp³-hybridized carbons (Fsp3) is 0.700. The molecule has 66 valence electrons. The van der Waals surface area contributed by atoms with E-state index in [1.807, 2.05) is 6.08 Å². The van der Waals surface area contributed by atoms with Crippen molar-refractivity contribution in [2.75, 3.05) is 6.61 Å². The van der Waals surface area contributed by atoms with Crippen LogP contribution in [0.4, 0.5) is 0 Å². The van der Waals surface area contributed by atoms with Crippen LogP contribution in [0.15, 0.2) is 12.2 Å². The summed E-state index contributed by atoms with van der Waals surface area (Å²) in [6.07, 6.45) is 7.56. The summed E-state index contributed by atoms with van der Waals surface area (Å²) in [4.78, 5) is 11.2. The Morgan fingerprint density at radius 3 is 3.25 bits per heavy atom. The van der Waals surface area contributed by atoms with Gasteiger partial charge in [0, 0.05) is 18.4 Å². The molecule has 0 aromatic carbocycles. The highest BCUT2D eigenvalue weighted by atomic mass is 16.3. The van der Waals surface area contributed by atoms with Gasteiger partial charge in [-0.2, -0.15) is 0 Å². The highest BCUT2D eigenvalue weighted by Crippen LogP contribution is 2.48. The molecule has 0 spiro atoms. The van der Waals surface area contributed by atoms with Gasteiger partial charge in [0.1, 0.15) is 0 Å². The Balaban J connectivity index is 2.28. The van der Waals surface area contributed by atoms with E-state index in [2.05, 4.69) is 0 Å². The molecule has 0 radical (unpaired) electrons. The third kappa shape index (κ3) is 1.02. The molecule has 0 aromatic rings. The molecule has 1 fully saturated rings. The van der Waals surface area contributed by atoms with Crippen LogP contribution in [0.2, 0.25) is 0 Å². The number of hydrogen-bond donors (Lipinski definition) is 1. The molecule has 1 N–H and O–H groups in total. The quantitative estimate of drug-likeness (QED) is 0.637. The third-order valence-corrected chi connectivity index (χ3v) is 3.33. The smallest absolute Gasteiger partial charge is 0.156 e. The van der Waals surface area contributed by atoms with Gasteiger partial charge >= 0.3 is 0 Å². The molecule has 0 saturated heterocycles. The topological polar surface area (TPSA) is 37.3 Å². The summed E-state index contributed by atoms with van der Waals surface area (Å²) in [5.41, 5.74) is -0.0775. The fourth-order valence-corrected chi connectivity index (χ4v) is 2.57. The molecular formula is C10H14O2. The Morgan fingerprint density at radius 1 is 1.67 bits per heavy atom. The molecule has 0 aliphatic heterocycles. The minimum absolute atomic E-state index is 0.0775. The molecule has 2 atom stereocenters. The normalized spacial score (nSPS) is 40.1. The van der Waals surface area contributed by atoms with Crippen LogP contribution in [0.25, 0.3) is 0 Å². The van der Waals surface area contributed by atoms with Crippen LogP contribution in [-0.2, 0) is 4.79 Å². The number of rotatable bonds is 1. The SMILES string of the molecule is O=C1C=CC2CCCC2(CO)C1. The van der Waals surface area contributed by atoms with Gasteiger partial charge in [-0.15, -0.1) is 0 Å². The summed E-state index contributed by atoms with van der Waals surface area (Å²) >= 11 is 0. The van der Waals surface area contributed by atoms with E-state index in [1.54, 1.807) is 6.08 Å². The largest absolute Gasteiger partial charge is 0.396 e. The van der Waals surface area contributed by atoms with Gasteiger partial charge in [-0.1, -0.05) is 12.5 Å². The van der Waals surface area contributed by atoms with Crippen molar-refractivity contribution in [2.24, 2.45) is 11.3 Å². The van der Waals surface area contributed by atoms with E-state index in [1.165, 1.54) is 0 Å². The van der Waals surface area contributed by atoms with Gasteiger partial charge in [-0.25, -0.2) is 0 Å². The molecule has 2 nitrogen and oxygen atoms in total. The number of hydrogen-bond acceptors (Lipinski definition) is 2. The Kier molecular flexibility index (Phi) is 1.80. The number of carbonyl (C=O) groups excluding carboxylic acids is 1. The first kappa shape index (κ1) is 7.99. The molecule has 2 aliphatic carbocycles. The molecule has 2 aliphatic rings. The van der Waals surface area contributed by atoms with E-state index in [0.29, 0.717) is 12.3 Å². The monoisotopic (exact) mass is 166 g/mol. The number of aliphatic hydroxyl groups excluding tert-OH is 1. The summed E-state index contributed by atoms with van der Waals surface area (Å²) in [6, 6.07) is 0. The number of aliphatic hydroxyl groups is 1. The number of allylic oxidation sites excluding steroid dienone is 2. The molecule has 2 unspecified atom stereocenters. The second-order valence-corrected chi connectivity index (χ2v) is 4.02. The van der Waals surface area contributed by atoms with Gasteiger partial charge in [0.05, 0.1) is 0 Å². The van der Waals surface area contributed by atoms with E-state index in [0.717, 1.165) is 19.3 Å². The first-order chi connectivity index (χ1) is 5.77. The van der Waals surface area contributed by atoms with Crippen LogP contribution in [-0.4, -0.2) is 17.5 Å². The Hall–Kier alpha value is -0.630. The third-order valence-electron chi connectivity index (χ3n) is 3.33. The zero-order valence-corrected chi connectivity index (χ0v) is 7.12. The second kappa shape index (κ2) is 2.70. The lowest BCUT2D eigenvalue weighted by molar-refractivity contribution is -0.118. The van der Waals surface area contributed by atoms with Gasteiger partial charge in [0.15, 0.2) is 5.78 Å². The van der Waals surface area contributed by atoms with Crippen molar-refractivity contribution in [2.45, 2.75) is 25.7 Å². The Bertz CT molecular complexity index is 232. The van der Waals surface area contributed by atoms with E-state index in [9.17, 15) is 9.90 Å². The Labute approximate surface area is 72.3 Å². The van der Waals surface area contributed by atoms with E-state index < -0.39 is 0 Å². The molecule has 0 bridgehead atoms. The van der Waals surface area contributed by atoms with Crippen LogP contribution < -0.4 is 0 Å². The number of ketones is 1. The molecule has 2 heteroatoms. The standard InChI is InChI=1S/C10H14O2/c11-7-10-5-1-2-8(10)3-4-9(12)6-10/h3-4,8,11H,1-2,5-7H2. The van der Waals surface area contributed by atoms with E-state index in [4.69, 9.17) is 0 Å². The van der Waals surface area contributed by atoms with Crippen molar-refractivity contribution in [3.8, 4) is 0 Å². The zero-order chi connectivity index (χ0) is 8.60. The van der Waals surface area contributed by atoms with Crippen LogP contribution in [0.1, 0.15) is 25.7 Å². The van der Waals surface area contributed by atoms with Crippen molar-refractivity contribution in [3.05, 3.63) is 12.2 Å². The lowest BCUT2D eigenvalue weighted by Gasteiger charge is -2.33. The average Bonchev–Trinajstić information content (AvgIpc) is 2.47. The minimum Gasteiger partial charge on any atom is -0.396 e. The lowest BCUT2D eigenvalue weighted by Crippen LogP contribution is -2.33. The van der Waals surface area contributed by atoms with Gasteiger partial charge < -0.3 is 5.11 Å². The molecule has 0 heterocycles. The zero-order valence-electron chi connectivity index (χ0n) is 7.12. The lowest BCUT2D eigenvalue weighted by atomic mass is 9.71. The van der Waals surface area contributed by atoms with E-state index >= 15 is 0 Å². The first-order valence-corrected chi connectivity index (χ1v) is 4.59. The Morgan fingerprint density at radius 2 is 2.50 bits per heavy atom. The average molecular weight is 166 g/mol. The fourth-order valence-electron chi connectivity index (χ4n) is 2.57. The summed E-state index contributed by atoms with van der Waals surface area (Å²) in [5.74, 6) is 0.641. The van der Waals surface area contributed by atoms with Gasteiger partial charge in [0.25, 0.3) is 0 Å². The van der Waals surface area contributed by atoms with Crippen LogP contribution in [0, 0.1) is 11.3 Å². The molecular weight excluding hydrogens is 152 g/mol. The van der Waals surface area contributed by atoms with Crippen LogP contribution in [0.5, 0.6) is 0 Å². The van der Waals surface area contributed by atoms with Gasteiger partial charge in [-0.05, 0) is 24.8 Å². The van der Waals surface area contributed by atoms with Gasteiger partial charge in [-0.3, -0.25) is 4.79 Å². The minimum atomic E-state index is -0.0775. The highest BCUT2D eigenvalue weighted by molar-refractivity contribution is 5.91. The first-order valence-electron chi connectivity index (χ1n) is 4.59. The van der Waals surface area contributed by atoms with Gasteiger partial charge in [0.2, 0.25) is 0 Å². The summed E-state index contributed by atoms with van der Waals surface area (Å²) in [7, 11) is 0. The molecule has 1 saturated carbocycles. The maximum atomic E-state index is 11.2. The molecule has 0 amide bonds. The van der Waals surface area contributed by atoms with Crippen molar-refractivity contribution < 1.29 is 9.90 Å². The number of fused-ring (bicyclic) bond motifs is 1. The molecule has 12 heavy (non-hydrogen) atoms. The second-order valence-electron chi connectivity index (χ2n) is 4.02. The maximum absolute atomic E-state index is 11.2. The predicted molar refractivity (Wildman–Crippen MR) is 45.6 cm³/mol. The van der Waals surface area contributed by atoms with Crippen molar-refractivity contribution in [3.63, 3.8) is 0 Å². The molecule has 0 aromatic heterocycles.